The topological polar surface area (TPSA) is 86.3 Å². The number of piperazine rings is 1. The zero-order valence-electron chi connectivity index (χ0n) is 22.9. The summed E-state index contributed by atoms with van der Waals surface area (Å²) in [5.41, 5.74) is 0.659. The van der Waals surface area contributed by atoms with Gasteiger partial charge in [-0.15, -0.1) is 0 Å². The van der Waals surface area contributed by atoms with Gasteiger partial charge in [-0.05, 0) is 74.7 Å². The van der Waals surface area contributed by atoms with Gasteiger partial charge in [-0.2, -0.15) is 0 Å². The van der Waals surface area contributed by atoms with Crippen LogP contribution in [0.25, 0.3) is 5.57 Å². The van der Waals surface area contributed by atoms with Crippen molar-refractivity contribution >= 4 is 68.4 Å². The smallest absolute Gasteiger partial charge is 0.411 e. The molecule has 8 nitrogen and oxygen atoms in total. The van der Waals surface area contributed by atoms with Crippen LogP contribution in [0.1, 0.15) is 32.8 Å². The molecule has 4 rings (SSSR count). The molecule has 0 aliphatic carbocycles. The van der Waals surface area contributed by atoms with Crippen molar-refractivity contribution in [3.8, 4) is 11.5 Å². The van der Waals surface area contributed by atoms with Crippen molar-refractivity contribution in [2.75, 3.05) is 32.9 Å². The molecule has 2 bridgehead atoms. The monoisotopic (exact) mass is 688 g/mol. The summed E-state index contributed by atoms with van der Waals surface area (Å²) in [6, 6.07) is 14.2. The minimum absolute atomic E-state index is 0.193. The number of hydrogen-bond donors (Lipinski definition) is 1. The Morgan fingerprint density at radius 3 is 2.12 bits per heavy atom. The zero-order chi connectivity index (χ0) is 29.8. The Hall–Kier alpha value is -2.17. The number of hydrogen-bond acceptors (Lipinski definition) is 7. The average Bonchev–Trinajstić information content (AvgIpc) is 2.91. The SMILES string of the molecule is CCOC(=O)C1=C(c2ccc(OCCOc3ccc(Br)cc3)cc2)CC2CNCC1N2C(=O)OC(C)(C)C(Cl)(Cl)Cl. The van der Waals surface area contributed by atoms with E-state index < -0.39 is 27.5 Å². The molecule has 222 valence electrons. The van der Waals surface area contributed by atoms with Gasteiger partial charge < -0.3 is 24.3 Å². The first-order valence-corrected chi connectivity index (χ1v) is 15.1. The maximum Gasteiger partial charge on any atom is 0.411 e. The lowest BCUT2D eigenvalue weighted by molar-refractivity contribution is -0.139. The van der Waals surface area contributed by atoms with Crippen molar-refractivity contribution in [2.24, 2.45) is 0 Å². The summed E-state index contributed by atoms with van der Waals surface area (Å²) in [6.45, 7) is 6.60. The Labute approximate surface area is 263 Å². The van der Waals surface area contributed by atoms with Crippen LogP contribution < -0.4 is 14.8 Å². The third-order valence-corrected chi connectivity index (χ3v) is 8.81. The molecule has 0 saturated carbocycles. The minimum atomic E-state index is -1.84. The van der Waals surface area contributed by atoms with Crippen LogP contribution in [0.2, 0.25) is 0 Å². The molecule has 1 N–H and O–H groups in total. The van der Waals surface area contributed by atoms with Crippen LogP contribution in [0.4, 0.5) is 4.79 Å². The normalized spacial score (nSPS) is 19.0. The third kappa shape index (κ3) is 7.62. The lowest BCUT2D eigenvalue weighted by Crippen LogP contribution is -2.64. The van der Waals surface area contributed by atoms with Gasteiger partial charge in [0, 0.05) is 17.6 Å². The number of benzene rings is 2. The highest BCUT2D eigenvalue weighted by atomic mass is 79.9. The fraction of sp³-hybridized carbons (Fsp3) is 0.448. The molecule has 2 aliphatic heterocycles. The van der Waals surface area contributed by atoms with E-state index in [2.05, 4.69) is 21.2 Å². The number of halogens is 4. The van der Waals surface area contributed by atoms with Gasteiger partial charge >= 0.3 is 12.1 Å². The molecule has 2 unspecified atom stereocenters. The average molecular weight is 691 g/mol. The Balaban J connectivity index is 1.52. The Morgan fingerprint density at radius 1 is 0.976 bits per heavy atom. The highest BCUT2D eigenvalue weighted by molar-refractivity contribution is 9.10. The van der Waals surface area contributed by atoms with Gasteiger partial charge in [0.15, 0.2) is 5.60 Å². The number of nitrogens with one attached hydrogen (secondary N) is 1. The van der Waals surface area contributed by atoms with Gasteiger partial charge in [-0.3, -0.25) is 4.90 Å². The van der Waals surface area contributed by atoms with Crippen molar-refractivity contribution in [3.63, 3.8) is 0 Å². The minimum Gasteiger partial charge on any atom is -0.490 e. The maximum absolute atomic E-state index is 13.4. The fourth-order valence-electron chi connectivity index (χ4n) is 4.74. The van der Waals surface area contributed by atoms with Crippen LogP contribution in [-0.4, -0.2) is 71.3 Å². The number of esters is 1. The van der Waals surface area contributed by atoms with Crippen LogP contribution in [-0.2, 0) is 14.3 Å². The van der Waals surface area contributed by atoms with E-state index in [-0.39, 0.29) is 12.6 Å². The summed E-state index contributed by atoms with van der Waals surface area (Å²) in [4.78, 5) is 28.3. The second-order valence-corrected chi connectivity index (χ2v) is 13.3. The number of alkyl halides is 3. The lowest BCUT2D eigenvalue weighted by Gasteiger charge is -2.48. The van der Waals surface area contributed by atoms with Crippen LogP contribution >= 0.6 is 50.7 Å². The second-order valence-electron chi connectivity index (χ2n) is 10.1. The van der Waals surface area contributed by atoms with Gasteiger partial charge in [0.1, 0.15) is 24.7 Å². The number of ether oxygens (including phenoxy) is 4. The zero-order valence-corrected chi connectivity index (χ0v) is 26.8. The van der Waals surface area contributed by atoms with Crippen molar-refractivity contribution in [1.29, 1.82) is 0 Å². The standard InChI is InChI=1S/C29H32BrCl3N2O6/c1-4-38-26(36)25-23(15-20-16-34-17-24(25)35(20)27(37)41-28(2,3)29(31,32)33)18-5-9-21(10-6-18)39-13-14-40-22-11-7-19(30)8-12-22/h5-12,20,24,34H,4,13-17H2,1-3H3. The summed E-state index contributed by atoms with van der Waals surface area (Å²) < 4.78 is 21.8. The third-order valence-electron chi connectivity index (χ3n) is 6.91. The molecule has 2 aromatic carbocycles. The van der Waals surface area contributed by atoms with Crippen LogP contribution in [0.15, 0.2) is 58.6 Å². The van der Waals surface area contributed by atoms with Crippen molar-refractivity contribution in [3.05, 3.63) is 64.1 Å². The fourth-order valence-corrected chi connectivity index (χ4v) is 5.13. The van der Waals surface area contributed by atoms with Gasteiger partial charge in [0.2, 0.25) is 3.79 Å². The highest BCUT2D eigenvalue weighted by Crippen LogP contribution is 2.42. The number of carbonyl (C=O) groups is 2. The van der Waals surface area contributed by atoms with E-state index in [9.17, 15) is 9.59 Å². The van der Waals surface area contributed by atoms with E-state index in [1.54, 1.807) is 11.8 Å². The Bertz CT molecular complexity index is 1260. The molecular formula is C29H32BrCl3N2O6. The summed E-state index contributed by atoms with van der Waals surface area (Å²) >= 11 is 21.6. The molecule has 0 aromatic heterocycles. The first-order valence-electron chi connectivity index (χ1n) is 13.2. The molecule has 1 amide bonds. The summed E-state index contributed by atoms with van der Waals surface area (Å²) in [7, 11) is 0. The van der Waals surface area contributed by atoms with Crippen LogP contribution in [0.3, 0.4) is 0 Å². The highest BCUT2D eigenvalue weighted by Gasteiger charge is 2.49. The lowest BCUT2D eigenvalue weighted by atomic mass is 9.82. The molecule has 1 saturated heterocycles. The summed E-state index contributed by atoms with van der Waals surface area (Å²) in [5.74, 6) is 0.943. The second kappa shape index (κ2) is 13.4. The van der Waals surface area contributed by atoms with Gasteiger partial charge in [0.25, 0.3) is 0 Å². The Morgan fingerprint density at radius 2 is 1.56 bits per heavy atom. The maximum atomic E-state index is 13.4. The predicted octanol–water partition coefficient (Wildman–Crippen LogP) is 6.56. The van der Waals surface area contributed by atoms with Gasteiger partial charge in [0.05, 0.1) is 24.3 Å². The van der Waals surface area contributed by atoms with E-state index in [4.69, 9.17) is 53.8 Å². The predicted molar refractivity (Wildman–Crippen MR) is 163 cm³/mol. The Kier molecular flexibility index (Phi) is 10.4. The molecule has 2 aromatic rings. The molecule has 2 atom stereocenters. The number of amides is 1. The van der Waals surface area contributed by atoms with E-state index in [0.717, 1.165) is 21.4 Å². The molecule has 41 heavy (non-hydrogen) atoms. The number of carbonyl (C=O) groups excluding carboxylic acids is 2. The van der Waals surface area contributed by atoms with E-state index in [1.165, 1.54) is 13.8 Å². The molecule has 1 fully saturated rings. The number of fused-ring (bicyclic) bond motifs is 2. The summed E-state index contributed by atoms with van der Waals surface area (Å²) in [5, 5.41) is 3.31. The first kappa shape index (κ1) is 31.8. The van der Waals surface area contributed by atoms with Gasteiger partial charge in [-0.1, -0.05) is 62.9 Å². The number of nitrogens with zero attached hydrogens (tertiary/aromatic N) is 1. The molecule has 0 spiro atoms. The number of rotatable bonds is 9. The summed E-state index contributed by atoms with van der Waals surface area (Å²) in [6.07, 6.45) is -0.255. The van der Waals surface area contributed by atoms with Crippen molar-refractivity contribution < 1.29 is 28.5 Å². The van der Waals surface area contributed by atoms with E-state index in [1.807, 2.05) is 48.5 Å². The molecule has 2 heterocycles. The van der Waals surface area contributed by atoms with Crippen LogP contribution in [0.5, 0.6) is 11.5 Å². The van der Waals surface area contributed by atoms with E-state index >= 15 is 0 Å². The molecule has 0 radical (unpaired) electrons. The molecule has 12 heteroatoms. The molecule has 2 aliphatic rings. The largest absolute Gasteiger partial charge is 0.490 e. The molecular weight excluding hydrogens is 659 g/mol. The van der Waals surface area contributed by atoms with E-state index in [0.29, 0.717) is 44.0 Å². The quantitative estimate of drug-likeness (QED) is 0.181. The van der Waals surface area contributed by atoms with Crippen molar-refractivity contribution in [1.82, 2.24) is 10.2 Å². The van der Waals surface area contributed by atoms with Crippen LogP contribution in [0, 0.1) is 0 Å². The first-order chi connectivity index (χ1) is 19.4. The van der Waals surface area contributed by atoms with Gasteiger partial charge in [-0.25, -0.2) is 9.59 Å². The van der Waals surface area contributed by atoms with Crippen molar-refractivity contribution in [2.45, 2.75) is 48.7 Å².